The molecule has 0 radical (unpaired) electrons. The van der Waals surface area contributed by atoms with Gasteiger partial charge in [-0.2, -0.15) is 0 Å². The fourth-order valence-electron chi connectivity index (χ4n) is 8.53. The summed E-state index contributed by atoms with van der Waals surface area (Å²) in [7, 11) is 0. The molecule has 224 valence electrons. The van der Waals surface area contributed by atoms with Crippen LogP contribution in [0.5, 0.6) is 11.5 Å². The van der Waals surface area contributed by atoms with Crippen LogP contribution in [0.25, 0.3) is 44.2 Å². The second-order valence-corrected chi connectivity index (χ2v) is 12.8. The van der Waals surface area contributed by atoms with Crippen molar-refractivity contribution in [1.82, 2.24) is 0 Å². The standard InChI is InChI=1S/C44H25NO3/c46-43-29-16-6-10-20-39(29)47-41-25-36-30(22-32(41)43)27-14-4-7-17-33(27)44(36)34-18-8-5-15-28(34)31-23-42-38(24-35(31)44)45(26-12-2-1-3-13-26)37-19-9-11-21-40(37)48-42/h1-25H. The number of benzene rings is 7. The Morgan fingerprint density at radius 1 is 0.458 bits per heavy atom. The monoisotopic (exact) mass is 615 g/mol. The summed E-state index contributed by atoms with van der Waals surface area (Å²) in [5.41, 5.74) is 12.8. The molecular formula is C44H25NO3. The van der Waals surface area contributed by atoms with Crippen LogP contribution >= 0.6 is 0 Å². The molecule has 0 amide bonds. The predicted octanol–water partition coefficient (Wildman–Crippen LogP) is 10.9. The van der Waals surface area contributed by atoms with Gasteiger partial charge in [0.25, 0.3) is 0 Å². The molecular weight excluding hydrogens is 590 g/mol. The summed E-state index contributed by atoms with van der Waals surface area (Å²) in [6.07, 6.45) is 0. The van der Waals surface area contributed by atoms with Crippen LogP contribution < -0.4 is 15.1 Å². The minimum Gasteiger partial charge on any atom is -0.456 e. The number of hydrogen-bond donors (Lipinski definition) is 0. The van der Waals surface area contributed by atoms with Crippen LogP contribution in [-0.4, -0.2) is 0 Å². The third-order valence-corrected chi connectivity index (χ3v) is 10.4. The van der Waals surface area contributed by atoms with Crippen molar-refractivity contribution in [3.05, 3.63) is 184 Å². The van der Waals surface area contributed by atoms with E-state index in [4.69, 9.17) is 9.15 Å². The van der Waals surface area contributed by atoms with E-state index in [1.54, 1.807) is 0 Å². The Hall–Kier alpha value is -6.39. The summed E-state index contributed by atoms with van der Waals surface area (Å²) >= 11 is 0. The van der Waals surface area contributed by atoms with Gasteiger partial charge in [-0.3, -0.25) is 4.79 Å². The molecule has 0 saturated heterocycles. The van der Waals surface area contributed by atoms with Gasteiger partial charge in [0, 0.05) is 5.69 Å². The van der Waals surface area contributed by atoms with Crippen molar-refractivity contribution in [2.75, 3.05) is 4.90 Å². The van der Waals surface area contributed by atoms with Gasteiger partial charge in [0.1, 0.15) is 11.2 Å². The predicted molar refractivity (Wildman–Crippen MR) is 191 cm³/mol. The first-order valence-electron chi connectivity index (χ1n) is 16.2. The van der Waals surface area contributed by atoms with Gasteiger partial charge < -0.3 is 14.1 Å². The number of nitrogens with zero attached hydrogens (tertiary/aromatic N) is 1. The zero-order valence-corrected chi connectivity index (χ0v) is 25.6. The number of anilines is 3. The lowest BCUT2D eigenvalue weighted by Gasteiger charge is -2.35. The maximum absolute atomic E-state index is 13.9. The summed E-state index contributed by atoms with van der Waals surface area (Å²) in [4.78, 5) is 16.2. The Balaban J connectivity index is 1.27. The number of rotatable bonds is 1. The van der Waals surface area contributed by atoms with E-state index in [1.807, 2.05) is 42.5 Å². The molecule has 1 atom stereocenters. The molecule has 2 heterocycles. The van der Waals surface area contributed by atoms with Crippen molar-refractivity contribution in [3.8, 4) is 33.8 Å². The number of fused-ring (bicyclic) bond motifs is 14. The quantitative estimate of drug-likeness (QED) is 0.172. The van der Waals surface area contributed by atoms with Crippen molar-refractivity contribution >= 4 is 39.0 Å². The topological polar surface area (TPSA) is 42.7 Å². The Morgan fingerprint density at radius 3 is 1.92 bits per heavy atom. The van der Waals surface area contributed by atoms with Crippen LogP contribution in [0.2, 0.25) is 0 Å². The van der Waals surface area contributed by atoms with E-state index in [1.165, 1.54) is 22.3 Å². The molecule has 0 N–H and O–H groups in total. The van der Waals surface area contributed by atoms with Crippen molar-refractivity contribution in [2.45, 2.75) is 5.41 Å². The van der Waals surface area contributed by atoms with Gasteiger partial charge in [-0.1, -0.05) is 91.0 Å². The third-order valence-electron chi connectivity index (χ3n) is 10.4. The van der Waals surface area contributed by atoms with E-state index in [0.29, 0.717) is 21.9 Å². The summed E-state index contributed by atoms with van der Waals surface area (Å²) < 4.78 is 13.2. The van der Waals surface area contributed by atoms with E-state index in [2.05, 4.69) is 114 Å². The maximum Gasteiger partial charge on any atom is 0.200 e. The first kappa shape index (κ1) is 25.8. The zero-order valence-electron chi connectivity index (χ0n) is 25.6. The Kier molecular flexibility index (Phi) is 4.89. The van der Waals surface area contributed by atoms with Crippen LogP contribution in [0.4, 0.5) is 17.1 Å². The maximum atomic E-state index is 13.9. The Bertz CT molecular complexity index is 2750. The normalized spacial score (nSPS) is 16.2. The van der Waals surface area contributed by atoms with Crippen LogP contribution in [0, 0.1) is 0 Å². The highest BCUT2D eigenvalue weighted by Crippen LogP contribution is 2.65. The van der Waals surface area contributed by atoms with Gasteiger partial charge in [-0.25, -0.2) is 0 Å². The lowest BCUT2D eigenvalue weighted by molar-refractivity contribution is 0.477. The van der Waals surface area contributed by atoms with Gasteiger partial charge in [-0.05, 0) is 105 Å². The highest BCUT2D eigenvalue weighted by atomic mass is 16.5. The van der Waals surface area contributed by atoms with Gasteiger partial charge in [0.05, 0.1) is 27.6 Å². The molecule has 8 aromatic rings. The Labute approximate surface area is 275 Å². The van der Waals surface area contributed by atoms with Crippen molar-refractivity contribution in [1.29, 1.82) is 0 Å². The minimum absolute atomic E-state index is 0.0105. The Morgan fingerprint density at radius 2 is 1.10 bits per heavy atom. The fraction of sp³-hybridized carbons (Fsp3) is 0.0227. The van der Waals surface area contributed by atoms with Crippen LogP contribution in [-0.2, 0) is 5.41 Å². The molecule has 1 aromatic heterocycles. The van der Waals surface area contributed by atoms with E-state index in [9.17, 15) is 4.79 Å². The molecule has 1 aliphatic heterocycles. The van der Waals surface area contributed by atoms with Crippen LogP contribution in [0.15, 0.2) is 161 Å². The van der Waals surface area contributed by atoms with Crippen molar-refractivity contribution in [3.63, 3.8) is 0 Å². The van der Waals surface area contributed by atoms with Gasteiger partial charge in [-0.15, -0.1) is 0 Å². The molecule has 1 unspecified atom stereocenters. The molecule has 0 saturated carbocycles. The summed E-state index contributed by atoms with van der Waals surface area (Å²) in [5.74, 6) is 1.63. The van der Waals surface area contributed by atoms with E-state index in [0.717, 1.165) is 50.8 Å². The van der Waals surface area contributed by atoms with Crippen molar-refractivity contribution in [2.24, 2.45) is 0 Å². The van der Waals surface area contributed by atoms with Gasteiger partial charge >= 0.3 is 0 Å². The molecule has 4 nitrogen and oxygen atoms in total. The lowest BCUT2D eigenvalue weighted by atomic mass is 9.70. The van der Waals surface area contributed by atoms with Gasteiger partial charge in [0.2, 0.25) is 5.43 Å². The van der Waals surface area contributed by atoms with E-state index < -0.39 is 5.41 Å². The molecule has 11 rings (SSSR count). The van der Waals surface area contributed by atoms with Gasteiger partial charge in [0.15, 0.2) is 11.5 Å². The van der Waals surface area contributed by atoms with E-state index in [-0.39, 0.29) is 5.43 Å². The summed E-state index contributed by atoms with van der Waals surface area (Å²) in [5, 5.41) is 1.19. The first-order valence-corrected chi connectivity index (χ1v) is 16.2. The molecule has 2 aliphatic carbocycles. The molecule has 0 bridgehead atoms. The highest BCUT2D eigenvalue weighted by Gasteiger charge is 2.52. The molecule has 3 aliphatic rings. The molecule has 48 heavy (non-hydrogen) atoms. The molecule has 4 heteroatoms. The lowest BCUT2D eigenvalue weighted by Crippen LogP contribution is -2.26. The smallest absolute Gasteiger partial charge is 0.200 e. The highest BCUT2D eigenvalue weighted by molar-refractivity contribution is 6.02. The van der Waals surface area contributed by atoms with E-state index >= 15 is 0 Å². The summed E-state index contributed by atoms with van der Waals surface area (Å²) in [6, 6.07) is 52.3. The number of ether oxygens (including phenoxy) is 1. The van der Waals surface area contributed by atoms with Crippen LogP contribution in [0.1, 0.15) is 22.3 Å². The number of hydrogen-bond acceptors (Lipinski definition) is 4. The van der Waals surface area contributed by atoms with Crippen LogP contribution in [0.3, 0.4) is 0 Å². The molecule has 1 spiro atoms. The zero-order chi connectivity index (χ0) is 31.6. The molecule has 7 aromatic carbocycles. The molecule has 0 fully saturated rings. The second-order valence-electron chi connectivity index (χ2n) is 12.8. The summed E-state index contributed by atoms with van der Waals surface area (Å²) in [6.45, 7) is 0. The largest absolute Gasteiger partial charge is 0.456 e. The second kappa shape index (κ2) is 9.11. The first-order chi connectivity index (χ1) is 23.7. The SMILES string of the molecule is O=c1c2ccccc2oc2cc3c(cc12)-c1ccccc1C31c2ccccc2-c2cc3c(cc21)N(c1ccccc1)c1ccccc1O3. The average molecular weight is 616 g/mol. The number of para-hydroxylation sites is 4. The third kappa shape index (κ3) is 3.12. The minimum atomic E-state index is -0.634. The van der Waals surface area contributed by atoms with Crippen molar-refractivity contribution < 1.29 is 9.15 Å². The fourth-order valence-corrected chi connectivity index (χ4v) is 8.53. The average Bonchev–Trinajstić information content (AvgIpc) is 3.59.